The van der Waals surface area contributed by atoms with Gasteiger partial charge in [0.1, 0.15) is 0 Å². The fourth-order valence-corrected chi connectivity index (χ4v) is 4.51. The monoisotopic (exact) mass is 431 g/mol. The van der Waals surface area contributed by atoms with E-state index in [-0.39, 0.29) is 41.9 Å². The Morgan fingerprint density at radius 1 is 1.22 bits per heavy atom. The lowest BCUT2D eigenvalue weighted by molar-refractivity contribution is -0.130. The lowest BCUT2D eigenvalue weighted by Crippen LogP contribution is -2.63. The Kier molecular flexibility index (Phi) is 8.76. The van der Waals surface area contributed by atoms with Gasteiger partial charge >= 0.3 is 0 Å². The first-order valence-electron chi connectivity index (χ1n) is 9.49. The molecule has 0 bridgehead atoms. The Morgan fingerprint density at radius 2 is 1.89 bits per heavy atom. The van der Waals surface area contributed by atoms with Crippen molar-refractivity contribution >= 4 is 30.7 Å². The Hall–Kier alpha value is -0.210. The van der Waals surface area contributed by atoms with Crippen molar-refractivity contribution in [2.45, 2.75) is 75.5 Å². The summed E-state index contributed by atoms with van der Waals surface area (Å²) in [7, 11) is 0. The van der Waals surface area contributed by atoms with E-state index in [4.69, 9.17) is 4.74 Å². The zero-order valence-electron chi connectivity index (χ0n) is 16.2. The Bertz CT molecular complexity index is 503. The van der Waals surface area contributed by atoms with Gasteiger partial charge in [-0.15, -0.1) is 24.8 Å². The summed E-state index contributed by atoms with van der Waals surface area (Å²) in [5.74, 6) is -3.08. The van der Waals surface area contributed by atoms with Crippen LogP contribution in [-0.4, -0.2) is 66.7 Å². The molecule has 0 radical (unpaired) electrons. The SMILES string of the molecule is CC1(C)CN(C2(CNC(=O)C3CC(F)(F)CN3)CCCCC2)CCO1.Cl.Cl. The molecule has 3 aliphatic rings. The van der Waals surface area contributed by atoms with Gasteiger partial charge in [0.25, 0.3) is 5.92 Å². The van der Waals surface area contributed by atoms with Crippen LogP contribution in [0.5, 0.6) is 0 Å². The van der Waals surface area contributed by atoms with E-state index in [1.165, 1.54) is 6.42 Å². The summed E-state index contributed by atoms with van der Waals surface area (Å²) >= 11 is 0. The average molecular weight is 432 g/mol. The number of carbonyl (C=O) groups excluding carboxylic acids is 1. The molecule has 0 spiro atoms. The number of hydrogen-bond acceptors (Lipinski definition) is 4. The molecule has 5 nitrogen and oxygen atoms in total. The second kappa shape index (κ2) is 9.53. The van der Waals surface area contributed by atoms with Gasteiger partial charge in [-0.2, -0.15) is 0 Å². The summed E-state index contributed by atoms with van der Waals surface area (Å²) in [6.45, 7) is 6.71. The molecule has 3 rings (SSSR count). The molecule has 1 unspecified atom stereocenters. The summed E-state index contributed by atoms with van der Waals surface area (Å²) < 4.78 is 32.5. The molecule has 3 fully saturated rings. The van der Waals surface area contributed by atoms with E-state index in [0.29, 0.717) is 13.2 Å². The van der Waals surface area contributed by atoms with E-state index in [1.54, 1.807) is 0 Å². The van der Waals surface area contributed by atoms with E-state index in [0.717, 1.165) is 38.8 Å². The number of halogens is 4. The third-order valence-electron chi connectivity index (χ3n) is 5.90. The minimum Gasteiger partial charge on any atom is -0.373 e. The van der Waals surface area contributed by atoms with Crippen molar-refractivity contribution in [3.63, 3.8) is 0 Å². The Labute approximate surface area is 173 Å². The van der Waals surface area contributed by atoms with E-state index in [9.17, 15) is 13.6 Å². The second-order valence-corrected chi connectivity index (χ2v) is 8.53. The molecule has 1 amide bonds. The van der Waals surface area contributed by atoms with Gasteiger partial charge in [-0.05, 0) is 26.7 Å². The van der Waals surface area contributed by atoms with Crippen LogP contribution in [-0.2, 0) is 9.53 Å². The van der Waals surface area contributed by atoms with Crippen molar-refractivity contribution in [2.24, 2.45) is 0 Å². The number of amides is 1. The Balaban J connectivity index is 0.00000182. The molecule has 1 aliphatic carbocycles. The van der Waals surface area contributed by atoms with Crippen LogP contribution in [0, 0.1) is 0 Å². The van der Waals surface area contributed by atoms with Crippen LogP contribution in [0.1, 0.15) is 52.4 Å². The number of carbonyl (C=O) groups is 1. The highest BCUT2D eigenvalue weighted by Gasteiger charge is 2.45. The lowest BCUT2D eigenvalue weighted by Gasteiger charge is -2.51. The van der Waals surface area contributed by atoms with Crippen molar-refractivity contribution < 1.29 is 18.3 Å². The first-order chi connectivity index (χ1) is 11.7. The molecule has 27 heavy (non-hydrogen) atoms. The van der Waals surface area contributed by atoms with Crippen LogP contribution < -0.4 is 10.6 Å². The smallest absolute Gasteiger partial charge is 0.262 e. The largest absolute Gasteiger partial charge is 0.373 e. The van der Waals surface area contributed by atoms with Crippen LogP contribution in [0.25, 0.3) is 0 Å². The van der Waals surface area contributed by atoms with Gasteiger partial charge in [-0.1, -0.05) is 19.3 Å². The molecule has 2 heterocycles. The normalized spacial score (nSPS) is 29.3. The molecule has 160 valence electrons. The first kappa shape index (κ1) is 24.8. The van der Waals surface area contributed by atoms with Gasteiger partial charge in [0.15, 0.2) is 0 Å². The minimum atomic E-state index is -2.78. The highest BCUT2D eigenvalue weighted by atomic mass is 35.5. The van der Waals surface area contributed by atoms with E-state index >= 15 is 0 Å². The van der Waals surface area contributed by atoms with Crippen molar-refractivity contribution in [1.82, 2.24) is 15.5 Å². The summed E-state index contributed by atoms with van der Waals surface area (Å²) in [6, 6.07) is -0.781. The summed E-state index contributed by atoms with van der Waals surface area (Å²) in [4.78, 5) is 14.8. The molecule has 0 aromatic heterocycles. The van der Waals surface area contributed by atoms with Crippen molar-refractivity contribution in [3.05, 3.63) is 0 Å². The third kappa shape index (κ3) is 6.13. The van der Waals surface area contributed by atoms with E-state index in [2.05, 4.69) is 29.4 Å². The maximum absolute atomic E-state index is 13.3. The number of ether oxygens (including phenoxy) is 1. The van der Waals surface area contributed by atoms with Crippen LogP contribution in [0.15, 0.2) is 0 Å². The molecule has 0 aromatic carbocycles. The number of nitrogens with zero attached hydrogens (tertiary/aromatic N) is 1. The van der Waals surface area contributed by atoms with E-state index < -0.39 is 24.9 Å². The fraction of sp³-hybridized carbons (Fsp3) is 0.944. The molecular formula is C18H33Cl2F2N3O2. The maximum Gasteiger partial charge on any atom is 0.262 e. The highest BCUT2D eigenvalue weighted by Crippen LogP contribution is 2.36. The average Bonchev–Trinajstić information content (AvgIpc) is 2.93. The lowest BCUT2D eigenvalue weighted by atomic mass is 9.79. The quantitative estimate of drug-likeness (QED) is 0.718. The molecule has 2 saturated heterocycles. The molecule has 2 aliphatic heterocycles. The van der Waals surface area contributed by atoms with Crippen molar-refractivity contribution in [2.75, 3.05) is 32.8 Å². The van der Waals surface area contributed by atoms with Gasteiger partial charge in [0.2, 0.25) is 5.91 Å². The molecule has 1 saturated carbocycles. The molecule has 1 atom stereocenters. The summed E-state index contributed by atoms with van der Waals surface area (Å²) in [5.41, 5.74) is -0.266. The van der Waals surface area contributed by atoms with E-state index in [1.807, 2.05) is 0 Å². The van der Waals surface area contributed by atoms with Gasteiger partial charge in [-0.3, -0.25) is 15.0 Å². The van der Waals surface area contributed by atoms with Crippen molar-refractivity contribution in [3.8, 4) is 0 Å². The number of hydrogen-bond donors (Lipinski definition) is 2. The van der Waals surface area contributed by atoms with Gasteiger partial charge in [0.05, 0.1) is 24.8 Å². The van der Waals surface area contributed by atoms with Crippen LogP contribution in [0.3, 0.4) is 0 Å². The van der Waals surface area contributed by atoms with Gasteiger partial charge in [-0.25, -0.2) is 8.78 Å². The summed E-state index contributed by atoms with van der Waals surface area (Å²) in [6.07, 6.45) is 5.19. The molecule has 9 heteroatoms. The highest BCUT2D eigenvalue weighted by molar-refractivity contribution is 5.85. The van der Waals surface area contributed by atoms with Gasteiger partial charge in [0, 0.05) is 31.6 Å². The maximum atomic E-state index is 13.3. The number of alkyl halides is 2. The minimum absolute atomic E-state index is 0. The molecular weight excluding hydrogens is 399 g/mol. The number of morpholine rings is 1. The Morgan fingerprint density at radius 3 is 2.44 bits per heavy atom. The second-order valence-electron chi connectivity index (χ2n) is 8.53. The predicted octanol–water partition coefficient (Wildman–Crippen LogP) is 2.76. The van der Waals surface area contributed by atoms with Gasteiger partial charge < -0.3 is 10.1 Å². The number of rotatable bonds is 4. The molecule has 2 N–H and O–H groups in total. The van der Waals surface area contributed by atoms with Crippen LogP contribution in [0.4, 0.5) is 8.78 Å². The van der Waals surface area contributed by atoms with Crippen LogP contribution >= 0.6 is 24.8 Å². The summed E-state index contributed by atoms with van der Waals surface area (Å²) in [5, 5.41) is 5.62. The zero-order chi connectivity index (χ0) is 18.1. The third-order valence-corrected chi connectivity index (χ3v) is 5.90. The first-order valence-corrected chi connectivity index (χ1v) is 9.49. The zero-order valence-corrected chi connectivity index (χ0v) is 17.8. The van der Waals surface area contributed by atoms with Crippen molar-refractivity contribution in [1.29, 1.82) is 0 Å². The molecule has 0 aromatic rings. The standard InChI is InChI=1S/C18H31F2N3O2.2ClH/c1-16(2)13-23(8-9-25-16)17(6-4-3-5-7-17)11-22-15(24)14-10-18(19,20)12-21-14;;/h14,21H,3-13H2,1-2H3,(H,22,24);2*1H. The topological polar surface area (TPSA) is 53.6 Å². The van der Waals surface area contributed by atoms with Crippen LogP contribution in [0.2, 0.25) is 0 Å². The predicted molar refractivity (Wildman–Crippen MR) is 106 cm³/mol. The fourth-order valence-electron chi connectivity index (χ4n) is 4.51. The number of nitrogens with one attached hydrogen (secondary N) is 2.